The van der Waals surface area contributed by atoms with Gasteiger partial charge in [-0.3, -0.25) is 4.79 Å². The van der Waals surface area contributed by atoms with E-state index in [1.54, 1.807) is 0 Å². The van der Waals surface area contributed by atoms with Crippen molar-refractivity contribution in [3.63, 3.8) is 0 Å². The number of allylic oxidation sites excluding steroid dienone is 4. The summed E-state index contributed by atoms with van der Waals surface area (Å²) in [6.45, 7) is 6.14. The summed E-state index contributed by atoms with van der Waals surface area (Å²) in [4.78, 5) is 12.9. The third kappa shape index (κ3) is 2.53. The van der Waals surface area contributed by atoms with Gasteiger partial charge in [0.15, 0.2) is 5.78 Å². The maximum Gasteiger partial charge on any atom is 0.167 e. The number of nitrogens with one attached hydrogen (secondary N) is 1. The number of benzene rings is 1. The van der Waals surface area contributed by atoms with Gasteiger partial charge < -0.3 is 5.32 Å². The molecule has 1 aliphatic heterocycles. The first-order valence-corrected chi connectivity index (χ1v) is 7.75. The first-order valence-electron chi connectivity index (χ1n) is 7.37. The van der Waals surface area contributed by atoms with E-state index in [4.69, 9.17) is 11.6 Å². The molecule has 0 spiro atoms. The minimum atomic E-state index is -0.274. The van der Waals surface area contributed by atoms with Gasteiger partial charge in [-0.05, 0) is 37.5 Å². The molecule has 1 aromatic carbocycles. The fraction of sp³-hybridized carbons (Fsp3) is 0.389. The van der Waals surface area contributed by atoms with Crippen LogP contribution in [0.15, 0.2) is 47.3 Å². The molecule has 0 amide bonds. The molecule has 0 aromatic heterocycles. The van der Waals surface area contributed by atoms with Gasteiger partial charge in [0.2, 0.25) is 0 Å². The van der Waals surface area contributed by atoms with E-state index in [0.29, 0.717) is 0 Å². The van der Waals surface area contributed by atoms with Gasteiger partial charge in [0.25, 0.3) is 0 Å². The van der Waals surface area contributed by atoms with Gasteiger partial charge in [-0.2, -0.15) is 0 Å². The second-order valence-corrected chi connectivity index (χ2v) is 7.05. The maximum atomic E-state index is 12.9. The molecule has 0 radical (unpaired) electrons. The van der Waals surface area contributed by atoms with Crippen LogP contribution >= 0.6 is 11.6 Å². The fourth-order valence-corrected chi connectivity index (χ4v) is 3.32. The Hall–Kier alpha value is -1.54. The topological polar surface area (TPSA) is 29.1 Å². The smallest absolute Gasteiger partial charge is 0.167 e. The summed E-state index contributed by atoms with van der Waals surface area (Å²) in [6, 6.07) is 7.81. The van der Waals surface area contributed by atoms with Gasteiger partial charge in [-0.15, -0.1) is 0 Å². The van der Waals surface area contributed by atoms with Gasteiger partial charge in [0.1, 0.15) is 0 Å². The molecule has 3 heteroatoms. The van der Waals surface area contributed by atoms with E-state index in [-0.39, 0.29) is 17.1 Å². The molecular formula is C18H20ClNO. The van der Waals surface area contributed by atoms with Crippen molar-refractivity contribution < 1.29 is 4.79 Å². The molecule has 0 saturated carbocycles. The average Bonchev–Trinajstić information content (AvgIpc) is 2.43. The highest BCUT2D eigenvalue weighted by molar-refractivity contribution is 6.30. The van der Waals surface area contributed by atoms with Crippen LogP contribution in [0, 0.1) is 5.41 Å². The third-order valence-electron chi connectivity index (χ3n) is 4.49. The maximum absolute atomic E-state index is 12.9. The average molecular weight is 302 g/mol. The van der Waals surface area contributed by atoms with Crippen molar-refractivity contribution in [2.24, 2.45) is 5.41 Å². The molecule has 2 nitrogen and oxygen atoms in total. The van der Waals surface area contributed by atoms with Gasteiger partial charge in [0, 0.05) is 33.3 Å². The third-order valence-corrected chi connectivity index (χ3v) is 4.74. The van der Waals surface area contributed by atoms with Crippen molar-refractivity contribution in [3.8, 4) is 0 Å². The number of halogens is 1. The van der Waals surface area contributed by atoms with Gasteiger partial charge >= 0.3 is 0 Å². The summed E-state index contributed by atoms with van der Waals surface area (Å²) in [5.74, 6) is 0.297. The lowest BCUT2D eigenvalue weighted by Gasteiger charge is -2.37. The van der Waals surface area contributed by atoms with Crippen LogP contribution in [0.5, 0.6) is 0 Å². The molecule has 1 aliphatic carbocycles. The number of hydrogen-bond donors (Lipinski definition) is 1. The summed E-state index contributed by atoms with van der Waals surface area (Å²) >= 11 is 5.98. The Morgan fingerprint density at radius 1 is 1.24 bits per heavy atom. The quantitative estimate of drug-likeness (QED) is 0.823. The van der Waals surface area contributed by atoms with E-state index >= 15 is 0 Å². The monoisotopic (exact) mass is 301 g/mol. The second kappa shape index (κ2) is 5.03. The van der Waals surface area contributed by atoms with Crippen molar-refractivity contribution in [3.05, 3.63) is 57.9 Å². The molecule has 1 N–H and O–H groups in total. The molecule has 0 fully saturated rings. The molecule has 110 valence electrons. The van der Waals surface area contributed by atoms with Crippen LogP contribution in [0.1, 0.15) is 45.1 Å². The molecule has 1 atom stereocenters. The van der Waals surface area contributed by atoms with Crippen LogP contribution in [-0.4, -0.2) is 5.78 Å². The van der Waals surface area contributed by atoms with E-state index in [2.05, 4.69) is 18.3 Å². The van der Waals surface area contributed by atoms with E-state index < -0.39 is 0 Å². The van der Waals surface area contributed by atoms with Crippen LogP contribution < -0.4 is 5.32 Å². The number of ketones is 1. The standard InChI is InChI=1S/C18H20ClNO/c1-11-10-14(12-4-6-13(19)7-5-12)16-15(20-11)8-9-18(2,3)17(16)21/h4-7,10,14,20H,8-9H2,1-3H3. The minimum Gasteiger partial charge on any atom is -0.362 e. The van der Waals surface area contributed by atoms with Gasteiger partial charge in [0.05, 0.1) is 0 Å². The Morgan fingerprint density at radius 2 is 1.90 bits per heavy atom. The summed E-state index contributed by atoms with van der Waals surface area (Å²) in [5, 5.41) is 4.11. The number of hydrogen-bond acceptors (Lipinski definition) is 2. The Kier molecular flexibility index (Phi) is 3.45. The minimum absolute atomic E-state index is 0.0330. The number of rotatable bonds is 1. The van der Waals surface area contributed by atoms with Crippen LogP contribution in [-0.2, 0) is 4.79 Å². The zero-order chi connectivity index (χ0) is 15.2. The van der Waals surface area contributed by atoms with Crippen molar-refractivity contribution in [1.82, 2.24) is 5.32 Å². The summed E-state index contributed by atoms with van der Waals surface area (Å²) < 4.78 is 0. The zero-order valence-electron chi connectivity index (χ0n) is 12.7. The van der Waals surface area contributed by atoms with Gasteiger partial charge in [-0.25, -0.2) is 0 Å². The molecule has 3 rings (SSSR count). The van der Waals surface area contributed by atoms with Gasteiger partial charge in [-0.1, -0.05) is 43.7 Å². The Labute approximate surface area is 130 Å². The Balaban J connectivity index is 2.09. The van der Waals surface area contributed by atoms with E-state index in [1.165, 1.54) is 0 Å². The van der Waals surface area contributed by atoms with E-state index in [9.17, 15) is 4.79 Å². The molecule has 0 bridgehead atoms. The number of dihydropyridines is 1. The van der Waals surface area contributed by atoms with Crippen molar-refractivity contribution in [1.29, 1.82) is 0 Å². The number of Topliss-reactive ketones (excluding diaryl/α,β-unsaturated/α-hetero) is 1. The highest BCUT2D eigenvalue weighted by atomic mass is 35.5. The first-order chi connectivity index (χ1) is 9.88. The van der Waals surface area contributed by atoms with E-state index in [0.717, 1.165) is 40.4 Å². The normalized spacial score (nSPS) is 24.3. The molecule has 1 heterocycles. The van der Waals surface area contributed by atoms with Crippen molar-refractivity contribution in [2.45, 2.75) is 39.5 Å². The van der Waals surface area contributed by atoms with Crippen LogP contribution in [0.2, 0.25) is 5.02 Å². The molecule has 21 heavy (non-hydrogen) atoms. The summed E-state index contributed by atoms with van der Waals surface area (Å²) in [6.07, 6.45) is 3.98. The van der Waals surface area contributed by atoms with Crippen molar-refractivity contribution >= 4 is 17.4 Å². The van der Waals surface area contributed by atoms with Crippen LogP contribution in [0.4, 0.5) is 0 Å². The zero-order valence-corrected chi connectivity index (χ0v) is 13.4. The van der Waals surface area contributed by atoms with Crippen molar-refractivity contribution in [2.75, 3.05) is 0 Å². The largest absolute Gasteiger partial charge is 0.362 e. The number of carbonyl (C=O) groups excluding carboxylic acids is 1. The summed E-state index contributed by atoms with van der Waals surface area (Å²) in [7, 11) is 0. The fourth-order valence-electron chi connectivity index (χ4n) is 3.19. The predicted molar refractivity (Wildman–Crippen MR) is 86.1 cm³/mol. The lowest BCUT2D eigenvalue weighted by Crippen LogP contribution is -2.37. The highest BCUT2D eigenvalue weighted by Crippen LogP contribution is 2.43. The van der Waals surface area contributed by atoms with E-state index in [1.807, 2.05) is 38.1 Å². The molecule has 1 unspecified atom stereocenters. The lowest BCUT2D eigenvalue weighted by molar-refractivity contribution is -0.124. The summed E-state index contributed by atoms with van der Waals surface area (Å²) in [5.41, 5.74) is 3.99. The SMILES string of the molecule is CC1=CC(c2ccc(Cl)cc2)C2=C(CCC(C)(C)C2=O)N1. The highest BCUT2D eigenvalue weighted by Gasteiger charge is 2.40. The Morgan fingerprint density at radius 3 is 2.57 bits per heavy atom. The second-order valence-electron chi connectivity index (χ2n) is 6.61. The predicted octanol–water partition coefficient (Wildman–Crippen LogP) is 4.57. The molecule has 2 aliphatic rings. The lowest BCUT2D eigenvalue weighted by atomic mass is 9.69. The molecule has 0 saturated heterocycles. The number of carbonyl (C=O) groups is 1. The Bertz CT molecular complexity index is 652. The van der Waals surface area contributed by atoms with Crippen LogP contribution in [0.3, 0.4) is 0 Å². The molecule has 1 aromatic rings. The molecular weight excluding hydrogens is 282 g/mol. The first kappa shape index (κ1) is 14.4. The van der Waals surface area contributed by atoms with Crippen LogP contribution in [0.25, 0.3) is 0 Å².